The topological polar surface area (TPSA) is 42.0 Å². The maximum absolute atomic E-state index is 14.0. The van der Waals surface area contributed by atoms with Crippen LogP contribution in [-0.2, 0) is 17.8 Å². The Morgan fingerprint density at radius 2 is 1.52 bits per heavy atom. The normalized spacial score (nSPS) is 14.8. The molecule has 5 heteroatoms. The molecule has 0 aromatic heterocycles. The molecule has 1 amide bonds. The van der Waals surface area contributed by atoms with Crippen molar-refractivity contribution in [2.24, 2.45) is 0 Å². The van der Waals surface area contributed by atoms with E-state index in [4.69, 9.17) is 9.47 Å². The molecule has 3 aromatic rings. The van der Waals surface area contributed by atoms with Crippen LogP contribution in [0.25, 0.3) is 0 Å². The van der Waals surface area contributed by atoms with Crippen LogP contribution in [-0.4, -0.2) is 34.2 Å². The van der Waals surface area contributed by atoms with E-state index in [1.165, 1.54) is 5.56 Å². The molecule has 0 radical (unpaired) electrons. The van der Waals surface area contributed by atoms with Gasteiger partial charge in [-0.25, -0.2) is 0 Å². The molecule has 1 atom stereocenters. The van der Waals surface area contributed by atoms with Crippen molar-refractivity contribution >= 4 is 17.3 Å². The highest BCUT2D eigenvalue weighted by Crippen LogP contribution is 2.37. The van der Waals surface area contributed by atoms with Crippen molar-refractivity contribution in [3.8, 4) is 11.5 Å². The fraction of sp³-hybridized carbons (Fsp3) is 0.321. The summed E-state index contributed by atoms with van der Waals surface area (Å²) in [6.07, 6.45) is 2.84. The van der Waals surface area contributed by atoms with E-state index >= 15 is 0 Å². The van der Waals surface area contributed by atoms with Gasteiger partial charge in [-0.1, -0.05) is 18.2 Å². The van der Waals surface area contributed by atoms with E-state index in [0.717, 1.165) is 53.3 Å². The third-order valence-electron chi connectivity index (χ3n) is 6.41. The number of hydrogen-bond donors (Lipinski definition) is 0. The molecule has 0 fully saturated rings. The Labute approximate surface area is 196 Å². The Morgan fingerprint density at radius 3 is 2.15 bits per heavy atom. The van der Waals surface area contributed by atoms with E-state index in [1.54, 1.807) is 14.2 Å². The zero-order valence-electron chi connectivity index (χ0n) is 19.9. The van der Waals surface area contributed by atoms with E-state index in [1.807, 2.05) is 55.4 Å². The van der Waals surface area contributed by atoms with Gasteiger partial charge in [0, 0.05) is 25.5 Å². The van der Waals surface area contributed by atoms with E-state index in [9.17, 15) is 4.79 Å². The number of anilines is 2. The number of methoxy groups -OCH3 is 2. The minimum Gasteiger partial charge on any atom is -0.497 e. The van der Waals surface area contributed by atoms with Crippen LogP contribution in [0.15, 0.2) is 66.7 Å². The number of benzene rings is 3. The Balaban J connectivity index is 1.69. The Morgan fingerprint density at radius 1 is 0.879 bits per heavy atom. The van der Waals surface area contributed by atoms with Gasteiger partial charge in [0.2, 0.25) is 5.91 Å². The predicted octanol–water partition coefficient (Wildman–Crippen LogP) is 5.42. The molecule has 0 saturated carbocycles. The summed E-state index contributed by atoms with van der Waals surface area (Å²) in [6, 6.07) is 22.2. The number of nitrogens with zero attached hydrogens (tertiary/aromatic N) is 2. The average Bonchev–Trinajstić information content (AvgIpc) is 2.86. The van der Waals surface area contributed by atoms with Gasteiger partial charge in [0.25, 0.3) is 0 Å². The zero-order chi connectivity index (χ0) is 23.4. The second-order valence-electron chi connectivity index (χ2n) is 8.69. The van der Waals surface area contributed by atoms with Crippen LogP contribution in [0, 0.1) is 0 Å². The summed E-state index contributed by atoms with van der Waals surface area (Å²) in [5.74, 6) is 1.50. The van der Waals surface area contributed by atoms with Crippen molar-refractivity contribution in [3.05, 3.63) is 83.4 Å². The first-order chi connectivity index (χ1) is 16.0. The van der Waals surface area contributed by atoms with Gasteiger partial charge in [-0.2, -0.15) is 0 Å². The van der Waals surface area contributed by atoms with E-state index in [0.29, 0.717) is 6.54 Å². The van der Waals surface area contributed by atoms with Gasteiger partial charge in [0.1, 0.15) is 11.5 Å². The number of carbonyl (C=O) groups excluding carboxylic acids is 1. The minimum absolute atomic E-state index is 0.117. The van der Waals surface area contributed by atoms with Crippen molar-refractivity contribution < 1.29 is 14.3 Å². The Bertz CT molecular complexity index is 1090. The smallest absolute Gasteiger partial charge is 0.234 e. The third kappa shape index (κ3) is 4.98. The Kier molecular flexibility index (Phi) is 6.87. The molecular formula is C28H32N2O3. The van der Waals surface area contributed by atoms with Crippen LogP contribution < -0.4 is 19.3 Å². The molecule has 0 bridgehead atoms. The molecule has 0 aliphatic heterocycles. The van der Waals surface area contributed by atoms with Gasteiger partial charge in [0.05, 0.1) is 26.7 Å². The number of carbonyl (C=O) groups is 1. The molecule has 0 heterocycles. The number of ether oxygens (including phenoxy) is 2. The molecule has 33 heavy (non-hydrogen) atoms. The monoisotopic (exact) mass is 444 g/mol. The van der Waals surface area contributed by atoms with Crippen molar-refractivity contribution in [1.82, 2.24) is 0 Å². The molecule has 5 nitrogen and oxygen atoms in total. The molecule has 1 unspecified atom stereocenters. The fourth-order valence-corrected chi connectivity index (χ4v) is 4.49. The summed E-state index contributed by atoms with van der Waals surface area (Å²) in [4.78, 5) is 18.0. The molecule has 0 saturated heterocycles. The fourth-order valence-electron chi connectivity index (χ4n) is 4.49. The standard InChI is InChI=1S/C28H32N2O3/c1-29(2)22-11-8-20(9-12-22)19-30(23-13-16-24(32-3)17-14-23)28(31)26-7-5-6-21-10-15-25(33-4)18-27(21)26/h8-18,26H,5-7,19H2,1-4H3. The minimum atomic E-state index is -0.188. The van der Waals surface area contributed by atoms with E-state index in [-0.39, 0.29) is 11.8 Å². The van der Waals surface area contributed by atoms with Gasteiger partial charge < -0.3 is 19.3 Å². The van der Waals surface area contributed by atoms with Gasteiger partial charge in [-0.05, 0) is 84.5 Å². The first-order valence-electron chi connectivity index (χ1n) is 11.4. The molecule has 172 valence electrons. The highest BCUT2D eigenvalue weighted by Gasteiger charge is 2.31. The lowest BCUT2D eigenvalue weighted by Gasteiger charge is -2.31. The summed E-state index contributed by atoms with van der Waals surface area (Å²) in [5.41, 5.74) is 5.42. The maximum Gasteiger partial charge on any atom is 0.234 e. The molecule has 4 rings (SSSR count). The van der Waals surface area contributed by atoms with Gasteiger partial charge >= 0.3 is 0 Å². The highest BCUT2D eigenvalue weighted by atomic mass is 16.5. The third-order valence-corrected chi connectivity index (χ3v) is 6.41. The van der Waals surface area contributed by atoms with Crippen molar-refractivity contribution in [3.63, 3.8) is 0 Å². The Hall–Kier alpha value is -3.47. The molecule has 0 spiro atoms. The first-order valence-corrected chi connectivity index (χ1v) is 11.4. The van der Waals surface area contributed by atoms with Crippen LogP contribution >= 0.6 is 0 Å². The van der Waals surface area contributed by atoms with Gasteiger partial charge in [-0.3, -0.25) is 4.79 Å². The number of amides is 1. The first kappa shape index (κ1) is 22.7. The lowest BCUT2D eigenvalue weighted by Crippen LogP contribution is -2.36. The molecular weight excluding hydrogens is 412 g/mol. The summed E-state index contributed by atoms with van der Waals surface area (Å²) in [6.45, 7) is 0.509. The lowest BCUT2D eigenvalue weighted by molar-refractivity contribution is -0.120. The lowest BCUT2D eigenvalue weighted by atomic mass is 9.81. The van der Waals surface area contributed by atoms with Crippen molar-refractivity contribution in [1.29, 1.82) is 0 Å². The molecule has 0 N–H and O–H groups in total. The summed E-state index contributed by atoms with van der Waals surface area (Å²) in [5, 5.41) is 0. The number of hydrogen-bond acceptors (Lipinski definition) is 4. The van der Waals surface area contributed by atoms with Crippen LogP contribution in [0.3, 0.4) is 0 Å². The maximum atomic E-state index is 14.0. The summed E-state index contributed by atoms with van der Waals surface area (Å²) in [7, 11) is 7.37. The second kappa shape index (κ2) is 9.99. The molecule has 3 aromatic carbocycles. The second-order valence-corrected chi connectivity index (χ2v) is 8.69. The largest absolute Gasteiger partial charge is 0.497 e. The number of rotatable bonds is 7. The summed E-state index contributed by atoms with van der Waals surface area (Å²) >= 11 is 0. The van der Waals surface area contributed by atoms with E-state index < -0.39 is 0 Å². The van der Waals surface area contributed by atoms with Crippen LogP contribution in [0.4, 0.5) is 11.4 Å². The predicted molar refractivity (Wildman–Crippen MR) is 134 cm³/mol. The number of aryl methyl sites for hydroxylation is 1. The molecule has 1 aliphatic rings. The quantitative estimate of drug-likeness (QED) is 0.488. The number of fused-ring (bicyclic) bond motifs is 1. The zero-order valence-corrected chi connectivity index (χ0v) is 19.9. The molecule has 1 aliphatic carbocycles. The van der Waals surface area contributed by atoms with Crippen LogP contribution in [0.5, 0.6) is 11.5 Å². The van der Waals surface area contributed by atoms with Crippen molar-refractivity contribution in [2.75, 3.05) is 38.1 Å². The van der Waals surface area contributed by atoms with Gasteiger partial charge in [0.15, 0.2) is 0 Å². The summed E-state index contributed by atoms with van der Waals surface area (Å²) < 4.78 is 10.8. The van der Waals surface area contributed by atoms with Gasteiger partial charge in [-0.15, -0.1) is 0 Å². The van der Waals surface area contributed by atoms with Crippen LogP contribution in [0.1, 0.15) is 35.4 Å². The van der Waals surface area contributed by atoms with Crippen molar-refractivity contribution in [2.45, 2.75) is 31.7 Å². The van der Waals surface area contributed by atoms with E-state index in [2.05, 4.69) is 35.2 Å². The average molecular weight is 445 g/mol. The van der Waals surface area contributed by atoms with Crippen LogP contribution in [0.2, 0.25) is 0 Å². The highest BCUT2D eigenvalue weighted by molar-refractivity contribution is 5.98. The SMILES string of the molecule is COc1ccc(N(Cc2ccc(N(C)C)cc2)C(=O)C2CCCc3ccc(OC)cc32)cc1.